The van der Waals surface area contributed by atoms with Gasteiger partial charge in [-0.25, -0.2) is 0 Å². The number of hydrogen-bond donors (Lipinski definition) is 0. The molecule has 0 radical (unpaired) electrons. The molecular formula is C15H18INO3. The summed E-state index contributed by atoms with van der Waals surface area (Å²) in [6.07, 6.45) is 2.73. The quantitative estimate of drug-likeness (QED) is 0.590. The van der Waals surface area contributed by atoms with E-state index in [2.05, 4.69) is 27.5 Å². The molecule has 0 unspecified atom stereocenters. The highest BCUT2D eigenvalue weighted by Gasteiger charge is 2.55. The number of methoxy groups -OCH3 is 1. The summed E-state index contributed by atoms with van der Waals surface area (Å²) in [5.41, 5.74) is -0.442. The van der Waals surface area contributed by atoms with Gasteiger partial charge in [0.1, 0.15) is 17.4 Å². The molecule has 1 aromatic carbocycles. The number of hydrogen-bond acceptors (Lipinski definition) is 4. The first-order valence-electron chi connectivity index (χ1n) is 6.90. The van der Waals surface area contributed by atoms with E-state index in [1.54, 1.807) is 0 Å². The maximum absolute atomic E-state index is 12.1. The van der Waals surface area contributed by atoms with Gasteiger partial charge in [0, 0.05) is 16.5 Å². The summed E-state index contributed by atoms with van der Waals surface area (Å²) in [7, 11) is 1.47. The second kappa shape index (κ2) is 5.52. The van der Waals surface area contributed by atoms with Gasteiger partial charge in [-0.15, -0.1) is 0 Å². The topological polar surface area (TPSA) is 38.8 Å². The summed E-state index contributed by atoms with van der Waals surface area (Å²) in [4.78, 5) is 14.4. The van der Waals surface area contributed by atoms with Crippen molar-refractivity contribution in [2.24, 2.45) is 0 Å². The van der Waals surface area contributed by atoms with Gasteiger partial charge in [-0.1, -0.05) is 0 Å². The van der Waals surface area contributed by atoms with Crippen molar-refractivity contribution >= 4 is 28.6 Å². The standard InChI is InChI=1S/C15H18INO3/c1-19-14(18)15-7-2-8-17(15)10-13(9-15)20-12-5-3-11(16)4-6-12/h3-6,13H,2,7-10H2,1H3/t13-,15-/m1/s1. The number of carbonyl (C=O) groups excluding carboxylic acids is 1. The molecule has 3 rings (SSSR count). The zero-order chi connectivity index (χ0) is 14.2. The van der Waals surface area contributed by atoms with Gasteiger partial charge >= 0.3 is 5.97 Å². The lowest BCUT2D eigenvalue weighted by atomic mass is 9.93. The lowest BCUT2D eigenvalue weighted by molar-refractivity contribution is -0.151. The number of carbonyl (C=O) groups is 1. The van der Waals surface area contributed by atoms with Crippen LogP contribution in [-0.4, -0.2) is 42.7 Å². The van der Waals surface area contributed by atoms with Crippen LogP contribution >= 0.6 is 22.6 Å². The summed E-state index contributed by atoms with van der Waals surface area (Å²) < 4.78 is 12.2. The van der Waals surface area contributed by atoms with Crippen LogP contribution in [-0.2, 0) is 9.53 Å². The molecule has 0 amide bonds. The number of fused-ring (bicyclic) bond motifs is 1. The van der Waals surface area contributed by atoms with Crippen LogP contribution in [0.15, 0.2) is 24.3 Å². The molecule has 4 nitrogen and oxygen atoms in total. The SMILES string of the molecule is COC(=O)[C@]12CCCN1C[C@H](Oc1ccc(I)cc1)C2. The maximum Gasteiger partial charge on any atom is 0.326 e. The molecule has 20 heavy (non-hydrogen) atoms. The zero-order valence-electron chi connectivity index (χ0n) is 11.5. The second-order valence-corrected chi connectivity index (χ2v) is 6.72. The molecule has 2 heterocycles. The van der Waals surface area contributed by atoms with E-state index >= 15 is 0 Å². The van der Waals surface area contributed by atoms with Crippen LogP contribution in [0.5, 0.6) is 5.75 Å². The minimum atomic E-state index is -0.442. The van der Waals surface area contributed by atoms with Crippen molar-refractivity contribution in [2.75, 3.05) is 20.2 Å². The summed E-state index contributed by atoms with van der Waals surface area (Å²) in [5.74, 6) is 0.764. The molecule has 0 aromatic heterocycles. The van der Waals surface area contributed by atoms with E-state index in [-0.39, 0.29) is 12.1 Å². The Labute approximate surface area is 132 Å². The van der Waals surface area contributed by atoms with Gasteiger partial charge in [-0.2, -0.15) is 0 Å². The van der Waals surface area contributed by atoms with Crippen molar-refractivity contribution < 1.29 is 14.3 Å². The second-order valence-electron chi connectivity index (χ2n) is 5.47. The first-order chi connectivity index (χ1) is 9.64. The van der Waals surface area contributed by atoms with E-state index in [1.807, 2.05) is 24.3 Å². The van der Waals surface area contributed by atoms with Crippen molar-refractivity contribution in [3.05, 3.63) is 27.8 Å². The molecule has 2 saturated heterocycles. The summed E-state index contributed by atoms with van der Waals surface area (Å²) in [6.45, 7) is 1.77. The first-order valence-corrected chi connectivity index (χ1v) is 7.98. The number of esters is 1. The molecule has 1 aromatic rings. The lowest BCUT2D eigenvalue weighted by Gasteiger charge is -2.27. The highest BCUT2D eigenvalue weighted by molar-refractivity contribution is 14.1. The average Bonchev–Trinajstić information content (AvgIpc) is 2.98. The summed E-state index contributed by atoms with van der Waals surface area (Å²) in [5, 5.41) is 0. The Hall–Kier alpha value is -0.820. The van der Waals surface area contributed by atoms with Gasteiger partial charge in [0.2, 0.25) is 0 Å². The molecular weight excluding hydrogens is 369 g/mol. The molecule has 108 valence electrons. The predicted molar refractivity (Wildman–Crippen MR) is 83.7 cm³/mol. The highest BCUT2D eigenvalue weighted by Crippen LogP contribution is 2.41. The van der Waals surface area contributed by atoms with E-state index in [0.29, 0.717) is 0 Å². The van der Waals surface area contributed by atoms with Crippen LogP contribution in [0.3, 0.4) is 0 Å². The van der Waals surface area contributed by atoms with E-state index in [9.17, 15) is 4.79 Å². The monoisotopic (exact) mass is 387 g/mol. The van der Waals surface area contributed by atoms with Gasteiger partial charge in [-0.3, -0.25) is 9.69 Å². The van der Waals surface area contributed by atoms with Crippen molar-refractivity contribution in [1.29, 1.82) is 0 Å². The maximum atomic E-state index is 12.1. The Morgan fingerprint density at radius 1 is 1.40 bits per heavy atom. The van der Waals surface area contributed by atoms with Gasteiger partial charge in [0.15, 0.2) is 0 Å². The smallest absolute Gasteiger partial charge is 0.326 e. The van der Waals surface area contributed by atoms with Gasteiger partial charge in [0.05, 0.1) is 7.11 Å². The third-order valence-corrected chi connectivity index (χ3v) is 5.01. The number of rotatable bonds is 3. The van der Waals surface area contributed by atoms with Crippen LogP contribution < -0.4 is 4.74 Å². The third-order valence-electron chi connectivity index (χ3n) is 4.29. The summed E-state index contributed by atoms with van der Waals surface area (Å²) in [6, 6.07) is 8.02. The lowest BCUT2D eigenvalue weighted by Crippen LogP contribution is -2.46. The van der Waals surface area contributed by atoms with Gasteiger partial charge in [-0.05, 0) is 66.2 Å². The summed E-state index contributed by atoms with van der Waals surface area (Å²) >= 11 is 2.27. The van der Waals surface area contributed by atoms with Gasteiger partial charge in [0.25, 0.3) is 0 Å². The minimum absolute atomic E-state index is 0.0643. The molecule has 0 saturated carbocycles. The molecule has 2 atom stereocenters. The fraction of sp³-hybridized carbons (Fsp3) is 0.533. The highest BCUT2D eigenvalue weighted by atomic mass is 127. The Balaban J connectivity index is 1.72. The van der Waals surface area contributed by atoms with Crippen LogP contribution in [0, 0.1) is 3.57 Å². The molecule has 5 heteroatoms. The minimum Gasteiger partial charge on any atom is -0.489 e. The Bertz CT molecular complexity index is 504. The van der Waals surface area contributed by atoms with E-state index < -0.39 is 5.54 Å². The van der Waals surface area contributed by atoms with Crippen molar-refractivity contribution in [1.82, 2.24) is 4.90 Å². The number of ether oxygens (including phenoxy) is 2. The molecule has 0 aliphatic carbocycles. The molecule has 0 N–H and O–H groups in total. The largest absolute Gasteiger partial charge is 0.489 e. The van der Waals surface area contributed by atoms with E-state index in [0.717, 1.165) is 38.1 Å². The van der Waals surface area contributed by atoms with Gasteiger partial charge < -0.3 is 9.47 Å². The Kier molecular flexibility index (Phi) is 3.90. The van der Waals surface area contributed by atoms with Crippen molar-refractivity contribution in [2.45, 2.75) is 30.9 Å². The third kappa shape index (κ3) is 2.41. The molecule has 2 fully saturated rings. The van der Waals surface area contributed by atoms with Crippen LogP contribution in [0.4, 0.5) is 0 Å². The van der Waals surface area contributed by atoms with Crippen LogP contribution in [0.25, 0.3) is 0 Å². The molecule has 2 aliphatic rings. The normalized spacial score (nSPS) is 29.2. The average molecular weight is 387 g/mol. The fourth-order valence-electron chi connectivity index (χ4n) is 3.41. The van der Waals surface area contributed by atoms with E-state index in [1.165, 1.54) is 10.7 Å². The van der Waals surface area contributed by atoms with Crippen molar-refractivity contribution in [3.8, 4) is 5.75 Å². The molecule has 0 bridgehead atoms. The predicted octanol–water partition coefficient (Wildman–Crippen LogP) is 2.45. The van der Waals surface area contributed by atoms with Crippen molar-refractivity contribution in [3.63, 3.8) is 0 Å². The van der Waals surface area contributed by atoms with Crippen LogP contribution in [0.1, 0.15) is 19.3 Å². The van der Waals surface area contributed by atoms with Crippen LogP contribution in [0.2, 0.25) is 0 Å². The molecule has 0 spiro atoms. The fourth-order valence-corrected chi connectivity index (χ4v) is 3.77. The Morgan fingerprint density at radius 2 is 2.15 bits per heavy atom. The zero-order valence-corrected chi connectivity index (χ0v) is 13.6. The Morgan fingerprint density at radius 3 is 2.85 bits per heavy atom. The number of benzene rings is 1. The molecule has 2 aliphatic heterocycles. The first kappa shape index (κ1) is 14.1. The van der Waals surface area contributed by atoms with E-state index in [4.69, 9.17) is 9.47 Å². The number of nitrogens with zero attached hydrogens (tertiary/aromatic N) is 1. The number of halogens is 1.